The summed E-state index contributed by atoms with van der Waals surface area (Å²) in [6.45, 7) is 6.00. The Morgan fingerprint density at radius 2 is 2.00 bits per heavy atom. The first-order valence-corrected chi connectivity index (χ1v) is 6.72. The summed E-state index contributed by atoms with van der Waals surface area (Å²) in [6.07, 6.45) is 1.82. The van der Waals surface area contributed by atoms with Crippen molar-refractivity contribution in [3.8, 4) is 0 Å². The highest BCUT2D eigenvalue weighted by molar-refractivity contribution is 5.89. The summed E-state index contributed by atoms with van der Waals surface area (Å²) in [7, 11) is 0. The average molecular weight is 278 g/mol. The summed E-state index contributed by atoms with van der Waals surface area (Å²) in [6, 6.07) is 6.57. The zero-order valence-electron chi connectivity index (χ0n) is 12.2. The minimum Gasteiger partial charge on any atom is -0.481 e. The third kappa shape index (κ3) is 5.73. The van der Waals surface area contributed by atoms with Crippen LogP contribution in [0.4, 0.5) is 10.5 Å². The Hall–Kier alpha value is -2.04. The molecule has 0 saturated carbocycles. The molecular weight excluding hydrogens is 256 g/mol. The molecule has 0 unspecified atom stereocenters. The van der Waals surface area contributed by atoms with Crippen molar-refractivity contribution in [3.05, 3.63) is 29.8 Å². The van der Waals surface area contributed by atoms with Crippen LogP contribution < -0.4 is 10.6 Å². The molecule has 1 aromatic rings. The maximum absolute atomic E-state index is 11.9. The number of rotatable bonds is 6. The Labute approximate surface area is 119 Å². The first kappa shape index (κ1) is 16.0. The maximum Gasteiger partial charge on any atom is 0.319 e. The molecule has 3 N–H and O–H groups in total. The lowest BCUT2D eigenvalue weighted by Crippen LogP contribution is -2.45. The van der Waals surface area contributed by atoms with Crippen molar-refractivity contribution in [2.75, 3.05) is 5.32 Å². The highest BCUT2D eigenvalue weighted by atomic mass is 16.4. The number of hydrogen-bond donors (Lipinski definition) is 3. The summed E-state index contributed by atoms with van der Waals surface area (Å²) in [5.41, 5.74) is 0.981. The smallest absolute Gasteiger partial charge is 0.319 e. The molecule has 0 spiro atoms. The lowest BCUT2D eigenvalue weighted by atomic mass is 9.99. The number of carbonyl (C=O) groups is 2. The molecule has 0 aliphatic heterocycles. The molecule has 20 heavy (non-hydrogen) atoms. The summed E-state index contributed by atoms with van der Waals surface area (Å²) >= 11 is 0. The fourth-order valence-electron chi connectivity index (χ4n) is 2.09. The molecular formula is C15H22N2O3. The van der Waals surface area contributed by atoms with Crippen molar-refractivity contribution in [2.45, 2.75) is 45.6 Å². The van der Waals surface area contributed by atoms with Gasteiger partial charge in [-0.1, -0.05) is 25.5 Å². The minimum atomic E-state index is -0.893. The second-order valence-corrected chi connectivity index (χ2v) is 5.48. The average Bonchev–Trinajstić information content (AvgIpc) is 2.26. The van der Waals surface area contributed by atoms with Gasteiger partial charge in [-0.05, 0) is 38.0 Å². The predicted molar refractivity (Wildman–Crippen MR) is 78.9 cm³/mol. The van der Waals surface area contributed by atoms with Gasteiger partial charge in [-0.25, -0.2) is 4.79 Å². The highest BCUT2D eigenvalue weighted by Crippen LogP contribution is 2.13. The van der Waals surface area contributed by atoms with Crippen LogP contribution in [-0.4, -0.2) is 22.6 Å². The van der Waals surface area contributed by atoms with E-state index in [1.165, 1.54) is 0 Å². The van der Waals surface area contributed by atoms with Crippen molar-refractivity contribution >= 4 is 17.7 Å². The number of urea groups is 1. The zero-order chi connectivity index (χ0) is 15.2. The van der Waals surface area contributed by atoms with Crippen LogP contribution in [0.25, 0.3) is 0 Å². The van der Waals surface area contributed by atoms with Crippen LogP contribution in [0.5, 0.6) is 0 Å². The third-order valence-corrected chi connectivity index (χ3v) is 2.87. The lowest BCUT2D eigenvalue weighted by molar-refractivity contribution is -0.136. The van der Waals surface area contributed by atoms with Crippen molar-refractivity contribution in [1.82, 2.24) is 5.32 Å². The Balaban J connectivity index is 2.64. The Morgan fingerprint density at radius 1 is 1.30 bits per heavy atom. The van der Waals surface area contributed by atoms with E-state index in [1.54, 1.807) is 24.3 Å². The second-order valence-electron chi connectivity index (χ2n) is 5.48. The molecule has 0 aliphatic rings. The molecule has 0 radical (unpaired) electrons. The van der Waals surface area contributed by atoms with Gasteiger partial charge in [0.1, 0.15) is 0 Å². The molecule has 0 atom stereocenters. The van der Waals surface area contributed by atoms with Crippen LogP contribution in [0.3, 0.4) is 0 Å². The molecule has 2 amide bonds. The van der Waals surface area contributed by atoms with Crippen LogP contribution in [0, 0.1) is 0 Å². The van der Waals surface area contributed by atoms with E-state index in [-0.39, 0.29) is 18.0 Å². The van der Waals surface area contributed by atoms with Crippen LogP contribution in [0.1, 0.15) is 39.2 Å². The van der Waals surface area contributed by atoms with E-state index in [4.69, 9.17) is 5.11 Å². The molecule has 1 aromatic carbocycles. The van der Waals surface area contributed by atoms with Gasteiger partial charge in [0.15, 0.2) is 0 Å². The molecule has 0 fully saturated rings. The molecule has 0 bridgehead atoms. The van der Waals surface area contributed by atoms with Gasteiger partial charge < -0.3 is 15.7 Å². The Kier molecular flexibility index (Phi) is 5.55. The molecule has 0 heterocycles. The molecule has 1 rings (SSSR count). The summed E-state index contributed by atoms with van der Waals surface area (Å²) in [5, 5.41) is 14.4. The van der Waals surface area contributed by atoms with E-state index in [0.29, 0.717) is 11.3 Å². The molecule has 5 nitrogen and oxygen atoms in total. The zero-order valence-corrected chi connectivity index (χ0v) is 12.2. The van der Waals surface area contributed by atoms with E-state index in [2.05, 4.69) is 17.6 Å². The number of carbonyl (C=O) groups excluding carboxylic acids is 1. The standard InChI is InChI=1S/C15H22N2O3/c1-4-8-15(2,3)17-14(20)16-12-7-5-6-11(9-12)10-13(18)19/h5-7,9H,4,8,10H2,1-3H3,(H,18,19)(H2,16,17,20). The number of benzene rings is 1. The third-order valence-electron chi connectivity index (χ3n) is 2.87. The van der Waals surface area contributed by atoms with Crippen LogP contribution in [0.2, 0.25) is 0 Å². The monoisotopic (exact) mass is 278 g/mol. The fraction of sp³-hybridized carbons (Fsp3) is 0.467. The number of carboxylic acid groups (broad SMARTS) is 1. The van der Waals surface area contributed by atoms with Gasteiger partial charge in [-0.3, -0.25) is 4.79 Å². The van der Waals surface area contributed by atoms with E-state index in [9.17, 15) is 9.59 Å². The van der Waals surface area contributed by atoms with Crippen LogP contribution in [-0.2, 0) is 11.2 Å². The van der Waals surface area contributed by atoms with Gasteiger partial charge in [0.05, 0.1) is 6.42 Å². The lowest BCUT2D eigenvalue weighted by Gasteiger charge is -2.25. The first-order valence-electron chi connectivity index (χ1n) is 6.72. The van der Waals surface area contributed by atoms with Gasteiger partial charge in [0.2, 0.25) is 0 Å². The van der Waals surface area contributed by atoms with Crippen LogP contribution in [0.15, 0.2) is 24.3 Å². The van der Waals surface area contributed by atoms with Crippen molar-refractivity contribution in [2.24, 2.45) is 0 Å². The molecule has 0 aromatic heterocycles. The Bertz CT molecular complexity index is 484. The number of nitrogens with one attached hydrogen (secondary N) is 2. The van der Waals surface area contributed by atoms with Crippen molar-refractivity contribution in [3.63, 3.8) is 0 Å². The fourth-order valence-corrected chi connectivity index (χ4v) is 2.09. The quantitative estimate of drug-likeness (QED) is 0.748. The predicted octanol–water partition coefficient (Wildman–Crippen LogP) is 3.01. The summed E-state index contributed by atoms with van der Waals surface area (Å²) < 4.78 is 0. The SMILES string of the molecule is CCCC(C)(C)NC(=O)Nc1cccc(CC(=O)O)c1. The number of amides is 2. The summed E-state index contributed by atoms with van der Waals surface area (Å²) in [4.78, 5) is 22.6. The van der Waals surface area contributed by atoms with E-state index >= 15 is 0 Å². The number of hydrogen-bond acceptors (Lipinski definition) is 2. The van der Waals surface area contributed by atoms with Gasteiger partial charge >= 0.3 is 12.0 Å². The van der Waals surface area contributed by atoms with Crippen LogP contribution >= 0.6 is 0 Å². The number of anilines is 1. The largest absolute Gasteiger partial charge is 0.481 e. The molecule has 0 saturated heterocycles. The molecule has 0 aliphatic carbocycles. The Morgan fingerprint density at radius 3 is 2.60 bits per heavy atom. The minimum absolute atomic E-state index is 0.0571. The van der Waals surface area contributed by atoms with Gasteiger partial charge in [0, 0.05) is 11.2 Å². The van der Waals surface area contributed by atoms with Gasteiger partial charge in [0.25, 0.3) is 0 Å². The normalized spacial score (nSPS) is 10.9. The van der Waals surface area contributed by atoms with E-state index in [1.807, 2.05) is 13.8 Å². The number of aliphatic carboxylic acids is 1. The summed E-state index contributed by atoms with van der Waals surface area (Å²) in [5.74, 6) is -0.893. The van der Waals surface area contributed by atoms with E-state index < -0.39 is 5.97 Å². The highest BCUT2D eigenvalue weighted by Gasteiger charge is 2.19. The topological polar surface area (TPSA) is 78.4 Å². The maximum atomic E-state index is 11.9. The molecule has 110 valence electrons. The van der Waals surface area contributed by atoms with Gasteiger partial charge in [-0.2, -0.15) is 0 Å². The van der Waals surface area contributed by atoms with Crippen molar-refractivity contribution < 1.29 is 14.7 Å². The number of carboxylic acids is 1. The van der Waals surface area contributed by atoms with E-state index in [0.717, 1.165) is 12.8 Å². The molecule has 5 heteroatoms. The van der Waals surface area contributed by atoms with Crippen molar-refractivity contribution in [1.29, 1.82) is 0 Å². The second kappa shape index (κ2) is 6.93. The first-order chi connectivity index (χ1) is 9.32. The van der Waals surface area contributed by atoms with Gasteiger partial charge in [-0.15, -0.1) is 0 Å².